The number of methoxy groups -OCH3 is 4. The van der Waals surface area contributed by atoms with Gasteiger partial charge in [-0.2, -0.15) is 12.6 Å². The van der Waals surface area contributed by atoms with Crippen LogP contribution in [-0.4, -0.2) is 57.6 Å². The molecular weight excluding hydrogens is 532 g/mol. The molecular formula is C31H34O8S. The minimum atomic E-state index is -1.08. The van der Waals surface area contributed by atoms with Crippen molar-refractivity contribution in [3.63, 3.8) is 0 Å². The molecule has 212 valence electrons. The number of hydrogen-bond donors (Lipinski definition) is 1. The van der Waals surface area contributed by atoms with Crippen molar-refractivity contribution >= 4 is 42.1 Å². The summed E-state index contributed by atoms with van der Waals surface area (Å²) >= 11 is 4.96. The summed E-state index contributed by atoms with van der Waals surface area (Å²) < 4.78 is 19.8. The van der Waals surface area contributed by atoms with Crippen molar-refractivity contribution < 1.29 is 38.1 Å². The van der Waals surface area contributed by atoms with Gasteiger partial charge >= 0.3 is 23.9 Å². The van der Waals surface area contributed by atoms with E-state index in [2.05, 4.69) is 0 Å². The Kier molecular flexibility index (Phi) is 11.5. The highest BCUT2D eigenvalue weighted by molar-refractivity contribution is 7.81. The molecule has 0 amide bonds. The Labute approximate surface area is 240 Å². The molecule has 0 saturated heterocycles. The normalized spacial score (nSPS) is 12.8. The third-order valence-electron chi connectivity index (χ3n) is 5.92. The molecule has 0 saturated carbocycles. The number of carbonyl (C=O) groups is 4. The number of rotatable bonds is 9. The molecule has 0 aromatic heterocycles. The van der Waals surface area contributed by atoms with Crippen LogP contribution in [0.5, 0.6) is 0 Å². The quantitative estimate of drug-likeness (QED) is 0.153. The summed E-state index contributed by atoms with van der Waals surface area (Å²) in [5.41, 5.74) is 0.255. The molecule has 8 nitrogen and oxygen atoms in total. The Bertz CT molecular complexity index is 1290. The average Bonchev–Trinajstić information content (AvgIpc) is 2.96. The highest BCUT2D eigenvalue weighted by Crippen LogP contribution is 2.43. The number of benzene rings is 2. The van der Waals surface area contributed by atoms with Gasteiger partial charge in [0.1, 0.15) is 0 Å². The first-order valence-corrected chi connectivity index (χ1v) is 12.8. The van der Waals surface area contributed by atoms with Crippen molar-refractivity contribution in [3.8, 4) is 0 Å². The predicted octanol–water partition coefficient (Wildman–Crippen LogP) is 4.75. The Morgan fingerprint density at radius 3 is 1.48 bits per heavy atom. The smallest absolute Gasteiger partial charge is 0.339 e. The van der Waals surface area contributed by atoms with Gasteiger partial charge in [-0.15, -0.1) is 0 Å². The first kappa shape index (κ1) is 32.1. The zero-order valence-corrected chi connectivity index (χ0v) is 24.5. The van der Waals surface area contributed by atoms with Crippen LogP contribution in [0.3, 0.4) is 0 Å². The zero-order chi connectivity index (χ0) is 30.0. The van der Waals surface area contributed by atoms with E-state index in [0.29, 0.717) is 16.7 Å². The first-order valence-electron chi connectivity index (χ1n) is 12.3. The van der Waals surface area contributed by atoms with Crippen molar-refractivity contribution in [2.45, 2.75) is 26.0 Å². The highest BCUT2D eigenvalue weighted by Gasteiger charge is 2.39. The third-order valence-corrected chi connectivity index (χ3v) is 6.96. The van der Waals surface area contributed by atoms with Gasteiger partial charge in [0, 0.05) is 11.3 Å². The summed E-state index contributed by atoms with van der Waals surface area (Å²) in [5.74, 6) is -4.06. The van der Waals surface area contributed by atoms with Crippen LogP contribution in [-0.2, 0) is 38.1 Å². The number of esters is 4. The monoisotopic (exact) mass is 566 g/mol. The summed E-state index contributed by atoms with van der Waals surface area (Å²) in [5, 5.41) is -0.714. The van der Waals surface area contributed by atoms with E-state index in [-0.39, 0.29) is 11.1 Å². The lowest BCUT2D eigenvalue weighted by atomic mass is 9.77. The van der Waals surface area contributed by atoms with Gasteiger partial charge in [0.15, 0.2) is 0 Å². The Morgan fingerprint density at radius 2 is 1.10 bits per heavy atom. The summed E-state index contributed by atoms with van der Waals surface area (Å²) in [6.45, 7) is 5.74. The molecule has 0 spiro atoms. The lowest BCUT2D eigenvalue weighted by Gasteiger charge is -2.33. The second kappa shape index (κ2) is 14.3. The molecule has 40 heavy (non-hydrogen) atoms. The zero-order valence-electron chi connectivity index (χ0n) is 23.6. The standard InChI is InChI=1S/C31H34O8S/c1-31(2,3)27(40)25(23(19-14-10-8-11-15-19)20-16-12-9-13-17-20)26(30(35)39-7)24(29(34)38-6)21(28(33)37-5)18-22(32)36-4/h8-18,27,40H,1-7H3/b21-18?,26-24-. The molecule has 0 aliphatic rings. The Morgan fingerprint density at radius 1 is 0.675 bits per heavy atom. The molecule has 0 N–H and O–H groups in total. The average molecular weight is 567 g/mol. The predicted molar refractivity (Wildman–Crippen MR) is 154 cm³/mol. The Balaban J connectivity index is 3.40. The lowest BCUT2D eigenvalue weighted by molar-refractivity contribution is -0.141. The molecule has 1 unspecified atom stereocenters. The minimum Gasteiger partial charge on any atom is -0.466 e. The molecule has 0 radical (unpaired) electrons. The first-order chi connectivity index (χ1) is 18.9. The van der Waals surface area contributed by atoms with Crippen molar-refractivity contribution in [3.05, 3.63) is 100 Å². The molecule has 0 aliphatic heterocycles. The van der Waals surface area contributed by atoms with Gasteiger partial charge in [-0.25, -0.2) is 19.2 Å². The topological polar surface area (TPSA) is 105 Å². The minimum absolute atomic E-state index is 0.278. The molecule has 0 heterocycles. The van der Waals surface area contributed by atoms with Gasteiger partial charge in [0.2, 0.25) is 0 Å². The van der Waals surface area contributed by atoms with Crippen molar-refractivity contribution in [2.24, 2.45) is 5.41 Å². The fourth-order valence-electron chi connectivity index (χ4n) is 3.94. The maximum atomic E-state index is 13.7. The highest BCUT2D eigenvalue weighted by atomic mass is 32.1. The number of hydrogen-bond acceptors (Lipinski definition) is 9. The number of ether oxygens (including phenoxy) is 4. The molecule has 1 atom stereocenters. The van der Waals surface area contributed by atoms with Crippen LogP contribution in [0.25, 0.3) is 5.57 Å². The van der Waals surface area contributed by atoms with Crippen LogP contribution in [0.2, 0.25) is 0 Å². The lowest BCUT2D eigenvalue weighted by Crippen LogP contribution is -2.30. The van der Waals surface area contributed by atoms with E-state index >= 15 is 0 Å². The van der Waals surface area contributed by atoms with Crippen LogP contribution >= 0.6 is 12.6 Å². The summed E-state index contributed by atoms with van der Waals surface area (Å²) in [6.07, 6.45) is 0.772. The van der Waals surface area contributed by atoms with E-state index in [0.717, 1.165) is 34.5 Å². The number of thiol groups is 1. The van der Waals surface area contributed by atoms with Crippen LogP contribution in [0.15, 0.2) is 89.0 Å². The van der Waals surface area contributed by atoms with Crippen molar-refractivity contribution in [2.75, 3.05) is 28.4 Å². The van der Waals surface area contributed by atoms with Crippen molar-refractivity contribution in [1.29, 1.82) is 0 Å². The largest absolute Gasteiger partial charge is 0.466 e. The van der Waals surface area contributed by atoms with Gasteiger partial charge in [0.05, 0.1) is 45.2 Å². The third kappa shape index (κ3) is 7.51. The van der Waals surface area contributed by atoms with Crippen LogP contribution in [0.4, 0.5) is 0 Å². The number of carbonyl (C=O) groups excluding carboxylic acids is 4. The van der Waals surface area contributed by atoms with Gasteiger partial charge in [-0.3, -0.25) is 0 Å². The van der Waals surface area contributed by atoms with E-state index in [9.17, 15) is 19.2 Å². The van der Waals surface area contributed by atoms with E-state index in [1.807, 2.05) is 81.4 Å². The molecule has 0 bridgehead atoms. The van der Waals surface area contributed by atoms with Crippen LogP contribution in [0.1, 0.15) is 31.9 Å². The fourth-order valence-corrected chi connectivity index (χ4v) is 4.19. The molecule has 2 rings (SSSR count). The van der Waals surface area contributed by atoms with Gasteiger partial charge in [-0.1, -0.05) is 81.4 Å². The van der Waals surface area contributed by atoms with Crippen LogP contribution < -0.4 is 0 Å². The summed E-state index contributed by atoms with van der Waals surface area (Å²) in [4.78, 5) is 52.5. The summed E-state index contributed by atoms with van der Waals surface area (Å²) in [7, 11) is 4.41. The van der Waals surface area contributed by atoms with Crippen LogP contribution in [0, 0.1) is 5.41 Å². The van der Waals surface area contributed by atoms with Gasteiger partial charge in [-0.05, 0) is 27.7 Å². The Hall–Kier alpha value is -4.11. The van der Waals surface area contributed by atoms with Gasteiger partial charge in [0.25, 0.3) is 0 Å². The maximum Gasteiger partial charge on any atom is 0.339 e. The SMILES string of the molecule is COC(=O)C=C(C(=O)OC)/C(C(=O)OC)=C(/C(=O)OC)C(=C(c1ccccc1)c1ccccc1)C(S)C(C)(C)C. The molecule has 2 aromatic carbocycles. The van der Waals surface area contributed by atoms with E-state index in [4.69, 9.17) is 31.6 Å². The van der Waals surface area contributed by atoms with Crippen molar-refractivity contribution in [1.82, 2.24) is 0 Å². The molecule has 0 fully saturated rings. The van der Waals surface area contributed by atoms with E-state index in [1.165, 1.54) is 0 Å². The summed E-state index contributed by atoms with van der Waals surface area (Å²) in [6, 6.07) is 18.4. The second-order valence-electron chi connectivity index (χ2n) is 9.60. The molecule has 2 aromatic rings. The molecule has 0 aliphatic carbocycles. The second-order valence-corrected chi connectivity index (χ2v) is 10.1. The van der Waals surface area contributed by atoms with E-state index in [1.54, 1.807) is 0 Å². The molecule has 9 heteroatoms. The fraction of sp³-hybridized carbons (Fsp3) is 0.290. The van der Waals surface area contributed by atoms with E-state index < -0.39 is 45.7 Å². The maximum absolute atomic E-state index is 13.7. The van der Waals surface area contributed by atoms with Gasteiger partial charge < -0.3 is 18.9 Å².